The summed E-state index contributed by atoms with van der Waals surface area (Å²) < 4.78 is 0. The highest BCUT2D eigenvalue weighted by Crippen LogP contribution is 2.67. The Hall–Kier alpha value is -1.82. The smallest absolute Gasteiger partial charge is 0.0337 e. The fourth-order valence-corrected chi connectivity index (χ4v) is 4.97. The van der Waals surface area contributed by atoms with Gasteiger partial charge in [-0.1, -0.05) is 74.6 Å². The summed E-state index contributed by atoms with van der Waals surface area (Å²) in [4.78, 5) is 0. The van der Waals surface area contributed by atoms with Crippen LogP contribution < -0.4 is 0 Å². The van der Waals surface area contributed by atoms with Gasteiger partial charge >= 0.3 is 0 Å². The summed E-state index contributed by atoms with van der Waals surface area (Å²) in [7, 11) is 0. The molecule has 0 aromatic heterocycles. The molecule has 0 heterocycles. The first-order valence-corrected chi connectivity index (χ1v) is 7.68. The van der Waals surface area contributed by atoms with E-state index in [2.05, 4.69) is 74.6 Å². The van der Waals surface area contributed by atoms with E-state index in [4.69, 9.17) is 0 Å². The molecule has 0 fully saturated rings. The molecule has 4 rings (SSSR count). The van der Waals surface area contributed by atoms with E-state index < -0.39 is 0 Å². The van der Waals surface area contributed by atoms with Crippen LogP contribution in [0.1, 0.15) is 26.7 Å². The van der Waals surface area contributed by atoms with Crippen LogP contribution in [0.3, 0.4) is 0 Å². The van der Waals surface area contributed by atoms with Crippen molar-refractivity contribution in [2.75, 3.05) is 0 Å². The summed E-state index contributed by atoms with van der Waals surface area (Å²) in [5.41, 5.74) is 6.18. The van der Waals surface area contributed by atoms with Gasteiger partial charge in [-0.15, -0.1) is 0 Å². The maximum Gasteiger partial charge on any atom is 0.0337 e. The molecule has 0 aromatic carbocycles. The van der Waals surface area contributed by atoms with Crippen molar-refractivity contribution in [2.24, 2.45) is 10.8 Å². The Labute approximate surface area is 121 Å². The van der Waals surface area contributed by atoms with Gasteiger partial charge in [0.25, 0.3) is 0 Å². The third-order valence-electron chi connectivity index (χ3n) is 5.75. The van der Waals surface area contributed by atoms with E-state index in [-0.39, 0.29) is 10.8 Å². The van der Waals surface area contributed by atoms with Crippen LogP contribution in [0.2, 0.25) is 0 Å². The summed E-state index contributed by atoms with van der Waals surface area (Å²) in [6.45, 7) is 4.69. The van der Waals surface area contributed by atoms with Crippen LogP contribution in [0, 0.1) is 10.8 Å². The lowest BCUT2D eigenvalue weighted by molar-refractivity contribution is 0.185. The summed E-state index contributed by atoms with van der Waals surface area (Å²) in [5.74, 6) is 0. The first-order valence-electron chi connectivity index (χ1n) is 7.68. The van der Waals surface area contributed by atoms with Gasteiger partial charge in [-0.3, -0.25) is 0 Å². The molecule has 0 radical (unpaired) electrons. The molecule has 100 valence electrons. The van der Waals surface area contributed by atoms with Gasteiger partial charge in [0, 0.05) is 10.8 Å². The molecule has 4 aliphatic carbocycles. The van der Waals surface area contributed by atoms with E-state index in [0.29, 0.717) is 0 Å². The summed E-state index contributed by atoms with van der Waals surface area (Å²) in [5, 5.41) is 0. The highest BCUT2D eigenvalue weighted by Gasteiger charge is 2.58. The fourth-order valence-electron chi connectivity index (χ4n) is 4.97. The van der Waals surface area contributed by atoms with Crippen molar-refractivity contribution in [1.82, 2.24) is 0 Å². The van der Waals surface area contributed by atoms with Gasteiger partial charge in [0.1, 0.15) is 0 Å². The van der Waals surface area contributed by atoms with E-state index in [0.717, 1.165) is 12.8 Å². The molecule has 0 nitrogen and oxygen atoms in total. The number of hydrogen-bond acceptors (Lipinski definition) is 0. The van der Waals surface area contributed by atoms with Crippen LogP contribution in [0.5, 0.6) is 0 Å². The van der Waals surface area contributed by atoms with Crippen LogP contribution in [0.15, 0.2) is 83.1 Å². The molecule has 4 aliphatic rings. The third kappa shape index (κ3) is 1.06. The van der Waals surface area contributed by atoms with Crippen molar-refractivity contribution < 1.29 is 0 Å². The predicted octanol–water partition coefficient (Wildman–Crippen LogP) is 5.21. The van der Waals surface area contributed by atoms with Crippen LogP contribution in [0.25, 0.3) is 0 Å². The van der Waals surface area contributed by atoms with Crippen molar-refractivity contribution in [2.45, 2.75) is 26.7 Å². The van der Waals surface area contributed by atoms with Gasteiger partial charge in [-0.2, -0.15) is 0 Å². The molecular weight excluding hydrogens is 240 g/mol. The SMILES string of the molecule is CCC12C3=CC=CC1=CC=C1C=CC=C(C=C3)C12CC. The minimum absolute atomic E-state index is 0.131. The van der Waals surface area contributed by atoms with Crippen molar-refractivity contribution in [3.63, 3.8) is 0 Å². The number of hydrogen-bond donors (Lipinski definition) is 0. The molecule has 0 amide bonds. The minimum atomic E-state index is 0.131. The molecule has 2 unspecified atom stereocenters. The van der Waals surface area contributed by atoms with E-state index in [9.17, 15) is 0 Å². The lowest BCUT2D eigenvalue weighted by Crippen LogP contribution is -2.50. The summed E-state index contributed by atoms with van der Waals surface area (Å²) in [6.07, 6.45) is 25.3. The maximum atomic E-state index is 2.34. The zero-order chi connectivity index (χ0) is 13.8. The van der Waals surface area contributed by atoms with Crippen molar-refractivity contribution >= 4 is 0 Å². The molecule has 0 aromatic rings. The molecule has 0 saturated heterocycles. The van der Waals surface area contributed by atoms with Gasteiger partial charge in [0.2, 0.25) is 0 Å². The molecule has 0 N–H and O–H groups in total. The monoisotopic (exact) mass is 260 g/mol. The van der Waals surface area contributed by atoms with Crippen LogP contribution in [-0.4, -0.2) is 0 Å². The number of rotatable bonds is 2. The van der Waals surface area contributed by atoms with Gasteiger partial charge in [0.15, 0.2) is 0 Å². The third-order valence-corrected chi connectivity index (χ3v) is 5.75. The fraction of sp³-hybridized carbons (Fsp3) is 0.300. The second kappa shape index (κ2) is 3.85. The second-order valence-electron chi connectivity index (χ2n) is 6.06. The first kappa shape index (κ1) is 12.0. The highest BCUT2D eigenvalue weighted by molar-refractivity contribution is 5.67. The van der Waals surface area contributed by atoms with Crippen LogP contribution in [-0.2, 0) is 0 Å². The Morgan fingerprint density at radius 1 is 0.600 bits per heavy atom. The van der Waals surface area contributed by atoms with E-state index in [1.54, 1.807) is 0 Å². The van der Waals surface area contributed by atoms with Gasteiger partial charge in [0.05, 0.1) is 0 Å². The lowest BCUT2D eigenvalue weighted by atomic mass is 9.44. The summed E-state index contributed by atoms with van der Waals surface area (Å²) in [6, 6.07) is 0. The molecule has 20 heavy (non-hydrogen) atoms. The zero-order valence-corrected chi connectivity index (χ0v) is 12.2. The van der Waals surface area contributed by atoms with Crippen molar-refractivity contribution in [1.29, 1.82) is 0 Å². The van der Waals surface area contributed by atoms with Gasteiger partial charge < -0.3 is 0 Å². The van der Waals surface area contributed by atoms with E-state index >= 15 is 0 Å². The molecule has 0 aliphatic heterocycles. The first-order chi connectivity index (χ1) is 9.79. The Kier molecular flexibility index (Phi) is 2.30. The standard InChI is InChI=1S/C20H20/c1-3-19-15-7-5-8-16(19)12-14-18-10-6-9-17(13-11-15)20(18,19)4-2/h5-14H,3-4H2,1-2H3. The molecule has 0 saturated carbocycles. The second-order valence-corrected chi connectivity index (χ2v) is 6.06. The van der Waals surface area contributed by atoms with Crippen molar-refractivity contribution in [3.8, 4) is 0 Å². The highest BCUT2D eigenvalue weighted by atomic mass is 14.6. The van der Waals surface area contributed by atoms with E-state index in [1.165, 1.54) is 22.3 Å². The Bertz CT molecular complexity index is 628. The van der Waals surface area contributed by atoms with Gasteiger partial charge in [-0.05, 0) is 35.1 Å². The quantitative estimate of drug-likeness (QED) is 0.639. The normalized spacial score (nSPS) is 35.9. The predicted molar refractivity (Wildman–Crippen MR) is 85.2 cm³/mol. The Balaban J connectivity index is 2.15. The van der Waals surface area contributed by atoms with Gasteiger partial charge in [-0.25, -0.2) is 0 Å². The zero-order valence-electron chi connectivity index (χ0n) is 12.2. The average molecular weight is 260 g/mol. The summed E-state index contributed by atoms with van der Waals surface area (Å²) >= 11 is 0. The molecule has 0 spiro atoms. The number of allylic oxidation sites excluding steroid dienone is 14. The largest absolute Gasteiger partial charge is 0.0642 e. The van der Waals surface area contributed by atoms with Crippen LogP contribution >= 0.6 is 0 Å². The lowest BCUT2D eigenvalue weighted by Gasteiger charge is -2.58. The van der Waals surface area contributed by atoms with Crippen LogP contribution in [0.4, 0.5) is 0 Å². The average Bonchev–Trinajstić information content (AvgIpc) is 2.52. The topological polar surface area (TPSA) is 0 Å². The Morgan fingerprint density at radius 3 is 1.40 bits per heavy atom. The van der Waals surface area contributed by atoms with Crippen molar-refractivity contribution in [3.05, 3.63) is 83.1 Å². The molecule has 2 atom stereocenters. The Morgan fingerprint density at radius 2 is 1.00 bits per heavy atom. The molecule has 0 heteroatoms. The molecule has 0 bridgehead atoms. The van der Waals surface area contributed by atoms with E-state index in [1.807, 2.05) is 0 Å². The maximum absolute atomic E-state index is 2.34. The minimum Gasteiger partial charge on any atom is -0.0642 e. The molecular formula is C20H20.